The maximum absolute atomic E-state index is 5.00. The largest absolute Gasteiger partial charge is 0.256 e. The molecular formula is C24H20N2. The second-order valence-corrected chi connectivity index (χ2v) is 6.84. The van der Waals surface area contributed by atoms with Crippen LogP contribution in [0.5, 0.6) is 0 Å². The molecule has 5 rings (SSSR count). The number of hydrogen-bond donors (Lipinski definition) is 0. The van der Waals surface area contributed by atoms with Gasteiger partial charge in [-0.15, -0.1) is 0 Å². The maximum Gasteiger partial charge on any atom is 0.0715 e. The Labute approximate surface area is 152 Å². The summed E-state index contributed by atoms with van der Waals surface area (Å²) in [6.07, 6.45) is 3.92. The molecule has 0 fully saturated rings. The van der Waals surface area contributed by atoms with E-state index in [0.29, 0.717) is 0 Å². The predicted octanol–water partition coefficient (Wildman–Crippen LogP) is 6.21. The SMILES string of the molecule is CCc1ccc2c(c1)nc(CC)c1ccc3ncc4ccccc4c3c12. The first-order chi connectivity index (χ1) is 12.8. The Morgan fingerprint density at radius 3 is 2.42 bits per heavy atom. The summed E-state index contributed by atoms with van der Waals surface area (Å²) in [4.78, 5) is 9.73. The molecule has 2 nitrogen and oxygen atoms in total. The van der Waals surface area contributed by atoms with Crippen LogP contribution < -0.4 is 0 Å². The van der Waals surface area contributed by atoms with Crippen molar-refractivity contribution in [1.29, 1.82) is 0 Å². The number of benzene rings is 3. The van der Waals surface area contributed by atoms with Crippen LogP contribution in [-0.2, 0) is 12.8 Å². The van der Waals surface area contributed by atoms with Crippen molar-refractivity contribution in [3.8, 4) is 0 Å². The number of aromatic nitrogens is 2. The van der Waals surface area contributed by atoms with Gasteiger partial charge in [0.05, 0.1) is 11.0 Å². The standard InChI is InChI=1S/C24H20N2/c1-3-15-9-10-19-22(13-15)26-20(4-2)18-11-12-21-24(23(18)19)17-8-6-5-7-16(17)14-25-21/h5-14H,3-4H2,1-2H3. The lowest BCUT2D eigenvalue weighted by Crippen LogP contribution is -1.95. The highest BCUT2D eigenvalue weighted by molar-refractivity contribution is 6.26. The summed E-state index contributed by atoms with van der Waals surface area (Å²) in [5, 5.41) is 7.44. The van der Waals surface area contributed by atoms with E-state index in [2.05, 4.69) is 68.4 Å². The van der Waals surface area contributed by atoms with Crippen molar-refractivity contribution in [1.82, 2.24) is 9.97 Å². The van der Waals surface area contributed by atoms with Crippen molar-refractivity contribution in [2.45, 2.75) is 26.7 Å². The van der Waals surface area contributed by atoms with Crippen LogP contribution in [0.25, 0.3) is 43.4 Å². The van der Waals surface area contributed by atoms with Gasteiger partial charge in [-0.25, -0.2) is 0 Å². The van der Waals surface area contributed by atoms with E-state index in [1.807, 2.05) is 6.20 Å². The van der Waals surface area contributed by atoms with Crippen LogP contribution in [0.4, 0.5) is 0 Å². The molecule has 0 N–H and O–H groups in total. The van der Waals surface area contributed by atoms with Gasteiger partial charge in [-0.3, -0.25) is 9.97 Å². The van der Waals surface area contributed by atoms with Crippen LogP contribution in [-0.4, -0.2) is 9.97 Å². The molecule has 0 aliphatic heterocycles. The van der Waals surface area contributed by atoms with Crippen LogP contribution in [0.3, 0.4) is 0 Å². The summed E-state index contributed by atoms with van der Waals surface area (Å²) >= 11 is 0. The van der Waals surface area contributed by atoms with Gasteiger partial charge >= 0.3 is 0 Å². The van der Waals surface area contributed by atoms with E-state index < -0.39 is 0 Å². The third-order valence-corrected chi connectivity index (χ3v) is 5.40. The fraction of sp³-hybridized carbons (Fsp3) is 0.167. The van der Waals surface area contributed by atoms with Crippen LogP contribution in [0.15, 0.2) is 60.8 Å². The first-order valence-electron chi connectivity index (χ1n) is 9.32. The Hall–Kier alpha value is -3.00. The molecule has 0 amide bonds. The molecule has 0 saturated heterocycles. The van der Waals surface area contributed by atoms with Gasteiger partial charge in [0.1, 0.15) is 0 Å². The smallest absolute Gasteiger partial charge is 0.0715 e. The number of hydrogen-bond acceptors (Lipinski definition) is 2. The number of nitrogens with zero attached hydrogens (tertiary/aromatic N) is 2. The maximum atomic E-state index is 5.00. The summed E-state index contributed by atoms with van der Waals surface area (Å²) in [6, 6.07) is 19.6. The fourth-order valence-electron chi connectivity index (χ4n) is 4.04. The zero-order chi connectivity index (χ0) is 17.7. The monoisotopic (exact) mass is 336 g/mol. The number of rotatable bonds is 2. The van der Waals surface area contributed by atoms with Crippen LogP contribution in [0, 0.1) is 0 Å². The average molecular weight is 336 g/mol. The molecule has 0 aliphatic carbocycles. The molecule has 2 heteroatoms. The fourth-order valence-corrected chi connectivity index (χ4v) is 4.04. The van der Waals surface area contributed by atoms with E-state index in [4.69, 9.17) is 9.97 Å². The van der Waals surface area contributed by atoms with Gasteiger partial charge in [0, 0.05) is 38.8 Å². The Morgan fingerprint density at radius 1 is 0.731 bits per heavy atom. The molecule has 2 aromatic heterocycles. The van der Waals surface area contributed by atoms with E-state index in [9.17, 15) is 0 Å². The van der Waals surface area contributed by atoms with Crippen LogP contribution >= 0.6 is 0 Å². The van der Waals surface area contributed by atoms with Crippen molar-refractivity contribution in [2.24, 2.45) is 0 Å². The molecule has 0 spiro atoms. The summed E-state index contributed by atoms with van der Waals surface area (Å²) in [6.45, 7) is 4.37. The zero-order valence-electron chi connectivity index (χ0n) is 15.1. The van der Waals surface area contributed by atoms with Gasteiger partial charge < -0.3 is 0 Å². The predicted molar refractivity (Wildman–Crippen MR) is 111 cm³/mol. The van der Waals surface area contributed by atoms with Gasteiger partial charge in [-0.2, -0.15) is 0 Å². The van der Waals surface area contributed by atoms with E-state index in [1.54, 1.807) is 0 Å². The molecule has 0 atom stereocenters. The summed E-state index contributed by atoms with van der Waals surface area (Å²) in [7, 11) is 0. The number of fused-ring (bicyclic) bond motifs is 7. The molecule has 3 aromatic carbocycles. The van der Waals surface area contributed by atoms with Gasteiger partial charge in [0.2, 0.25) is 0 Å². The van der Waals surface area contributed by atoms with Crippen molar-refractivity contribution in [3.63, 3.8) is 0 Å². The summed E-state index contributed by atoms with van der Waals surface area (Å²) in [5.41, 5.74) is 4.63. The lowest BCUT2D eigenvalue weighted by molar-refractivity contribution is 1.07. The van der Waals surface area contributed by atoms with Crippen LogP contribution in [0.1, 0.15) is 25.1 Å². The molecule has 126 valence electrons. The molecule has 0 radical (unpaired) electrons. The molecule has 0 unspecified atom stereocenters. The highest BCUT2D eigenvalue weighted by Crippen LogP contribution is 2.36. The van der Waals surface area contributed by atoms with Gasteiger partial charge in [-0.1, -0.05) is 56.3 Å². The van der Waals surface area contributed by atoms with Gasteiger partial charge in [0.15, 0.2) is 0 Å². The van der Waals surface area contributed by atoms with Gasteiger partial charge in [-0.05, 0) is 35.9 Å². The normalized spacial score (nSPS) is 11.8. The first-order valence-corrected chi connectivity index (χ1v) is 9.32. The summed E-state index contributed by atoms with van der Waals surface area (Å²) in [5.74, 6) is 0. The van der Waals surface area contributed by atoms with E-state index in [0.717, 1.165) is 29.6 Å². The highest BCUT2D eigenvalue weighted by Gasteiger charge is 2.13. The van der Waals surface area contributed by atoms with Crippen molar-refractivity contribution in [2.75, 3.05) is 0 Å². The molecule has 2 heterocycles. The lowest BCUT2D eigenvalue weighted by atomic mass is 9.95. The van der Waals surface area contributed by atoms with E-state index in [-0.39, 0.29) is 0 Å². The molecule has 0 aliphatic rings. The molecule has 0 bridgehead atoms. The van der Waals surface area contributed by atoms with E-state index >= 15 is 0 Å². The molecule has 26 heavy (non-hydrogen) atoms. The van der Waals surface area contributed by atoms with Crippen molar-refractivity contribution >= 4 is 43.4 Å². The lowest BCUT2D eigenvalue weighted by Gasteiger charge is -2.13. The minimum Gasteiger partial charge on any atom is -0.256 e. The minimum absolute atomic E-state index is 0.923. The highest BCUT2D eigenvalue weighted by atomic mass is 14.7. The minimum atomic E-state index is 0.923. The van der Waals surface area contributed by atoms with E-state index in [1.165, 1.54) is 37.9 Å². The summed E-state index contributed by atoms with van der Waals surface area (Å²) < 4.78 is 0. The number of aryl methyl sites for hydroxylation is 2. The topological polar surface area (TPSA) is 25.8 Å². The molecule has 0 saturated carbocycles. The quantitative estimate of drug-likeness (QED) is 0.358. The third-order valence-electron chi connectivity index (χ3n) is 5.40. The second kappa shape index (κ2) is 5.77. The van der Waals surface area contributed by atoms with Crippen molar-refractivity contribution in [3.05, 3.63) is 72.1 Å². The average Bonchev–Trinajstić information content (AvgIpc) is 2.71. The van der Waals surface area contributed by atoms with Crippen LogP contribution in [0.2, 0.25) is 0 Å². The zero-order valence-corrected chi connectivity index (χ0v) is 15.1. The first kappa shape index (κ1) is 15.3. The Bertz CT molecular complexity index is 1300. The van der Waals surface area contributed by atoms with Crippen molar-refractivity contribution < 1.29 is 0 Å². The molecular weight excluding hydrogens is 316 g/mol. The Balaban J connectivity index is 2.11. The molecule has 5 aromatic rings. The second-order valence-electron chi connectivity index (χ2n) is 6.84. The Morgan fingerprint density at radius 2 is 1.58 bits per heavy atom. The number of pyridine rings is 2. The third kappa shape index (κ3) is 2.12. The Kier molecular flexibility index (Phi) is 3.39. The van der Waals surface area contributed by atoms with Gasteiger partial charge in [0.25, 0.3) is 0 Å².